The summed E-state index contributed by atoms with van der Waals surface area (Å²) < 4.78 is 0. The Balaban J connectivity index is 2.01. The predicted molar refractivity (Wildman–Crippen MR) is 75.6 cm³/mol. The van der Waals surface area contributed by atoms with Crippen molar-refractivity contribution in [3.05, 3.63) is 39.9 Å². The van der Waals surface area contributed by atoms with Crippen molar-refractivity contribution >= 4 is 17.3 Å². The second-order valence-electron chi connectivity index (χ2n) is 4.99. The normalized spacial score (nSPS) is 20.6. The van der Waals surface area contributed by atoms with E-state index in [0.29, 0.717) is 11.5 Å². The fourth-order valence-corrected chi connectivity index (χ4v) is 2.26. The van der Waals surface area contributed by atoms with Gasteiger partial charge in [0.1, 0.15) is 0 Å². The number of amides is 1. The first-order chi connectivity index (χ1) is 9.58. The van der Waals surface area contributed by atoms with E-state index in [1.165, 1.54) is 30.7 Å². The molecule has 1 N–H and O–H groups in total. The summed E-state index contributed by atoms with van der Waals surface area (Å²) in [6.45, 7) is 2.11. The quantitative estimate of drug-likeness (QED) is 0.680. The second-order valence-corrected chi connectivity index (χ2v) is 4.99. The standard InChI is InChI=1S/C14H17N3O3/c1-10-4-2-3-5-13(10)15-16-14(18)11-6-8-12(9-7-11)17(19)20/h6-10H,2-5H2,1H3,(H,16,18)/b15-13-/t10-/m1/s1. The Hall–Kier alpha value is -2.24. The van der Waals surface area contributed by atoms with Gasteiger partial charge in [-0.15, -0.1) is 0 Å². The average molecular weight is 275 g/mol. The molecule has 6 nitrogen and oxygen atoms in total. The van der Waals surface area contributed by atoms with Crippen LogP contribution < -0.4 is 5.43 Å². The van der Waals surface area contributed by atoms with Gasteiger partial charge in [0.2, 0.25) is 0 Å². The molecular weight excluding hydrogens is 258 g/mol. The molecule has 1 amide bonds. The summed E-state index contributed by atoms with van der Waals surface area (Å²) in [5.74, 6) is 0.0612. The van der Waals surface area contributed by atoms with Crippen molar-refractivity contribution in [2.75, 3.05) is 0 Å². The molecule has 1 aromatic carbocycles. The van der Waals surface area contributed by atoms with Crippen LogP contribution in [0.5, 0.6) is 0 Å². The fraction of sp³-hybridized carbons (Fsp3) is 0.429. The van der Waals surface area contributed by atoms with Gasteiger partial charge in [-0.2, -0.15) is 5.10 Å². The number of hydrogen-bond acceptors (Lipinski definition) is 4. The zero-order valence-electron chi connectivity index (χ0n) is 11.3. The largest absolute Gasteiger partial charge is 0.271 e. The molecule has 0 spiro atoms. The number of hydrogen-bond donors (Lipinski definition) is 1. The summed E-state index contributed by atoms with van der Waals surface area (Å²) in [5.41, 5.74) is 3.88. The number of carbonyl (C=O) groups is 1. The van der Waals surface area contributed by atoms with Gasteiger partial charge < -0.3 is 0 Å². The molecule has 0 heterocycles. The monoisotopic (exact) mass is 275 g/mol. The van der Waals surface area contributed by atoms with Crippen molar-refractivity contribution in [3.8, 4) is 0 Å². The topological polar surface area (TPSA) is 84.6 Å². The van der Waals surface area contributed by atoms with Crippen LogP contribution in [-0.2, 0) is 0 Å². The number of nitrogens with zero attached hydrogens (tertiary/aromatic N) is 2. The highest BCUT2D eigenvalue weighted by atomic mass is 16.6. The van der Waals surface area contributed by atoms with Gasteiger partial charge in [-0.05, 0) is 37.3 Å². The van der Waals surface area contributed by atoms with Crippen LogP contribution in [0.2, 0.25) is 0 Å². The van der Waals surface area contributed by atoms with Gasteiger partial charge in [-0.3, -0.25) is 14.9 Å². The van der Waals surface area contributed by atoms with Crippen molar-refractivity contribution in [2.45, 2.75) is 32.6 Å². The van der Waals surface area contributed by atoms with Crippen LogP contribution in [0.25, 0.3) is 0 Å². The Labute approximate surface area is 117 Å². The molecule has 0 radical (unpaired) electrons. The van der Waals surface area contributed by atoms with Crippen LogP contribution in [0.4, 0.5) is 5.69 Å². The maximum absolute atomic E-state index is 11.9. The van der Waals surface area contributed by atoms with E-state index in [4.69, 9.17) is 0 Å². The van der Waals surface area contributed by atoms with E-state index >= 15 is 0 Å². The van der Waals surface area contributed by atoms with Crippen LogP contribution >= 0.6 is 0 Å². The highest BCUT2D eigenvalue weighted by Gasteiger charge is 2.16. The maximum Gasteiger partial charge on any atom is 0.271 e. The van der Waals surface area contributed by atoms with Crippen LogP contribution in [-0.4, -0.2) is 16.5 Å². The van der Waals surface area contributed by atoms with E-state index in [1.807, 2.05) is 0 Å². The molecule has 1 atom stereocenters. The zero-order chi connectivity index (χ0) is 14.5. The van der Waals surface area contributed by atoms with E-state index in [9.17, 15) is 14.9 Å². The number of nitrogens with one attached hydrogen (secondary N) is 1. The molecule has 1 aliphatic rings. The van der Waals surface area contributed by atoms with Crippen molar-refractivity contribution in [2.24, 2.45) is 11.0 Å². The molecule has 1 aromatic rings. The average Bonchev–Trinajstić information content (AvgIpc) is 2.46. The first-order valence-electron chi connectivity index (χ1n) is 6.69. The van der Waals surface area contributed by atoms with Crippen molar-refractivity contribution in [1.82, 2.24) is 5.43 Å². The number of nitro groups is 1. The summed E-state index contributed by atoms with van der Waals surface area (Å²) in [7, 11) is 0. The Morgan fingerprint density at radius 2 is 2.05 bits per heavy atom. The Morgan fingerprint density at radius 3 is 2.65 bits per heavy atom. The number of hydrazone groups is 1. The Kier molecular flexibility index (Phi) is 4.45. The highest BCUT2D eigenvalue weighted by molar-refractivity contribution is 5.96. The summed E-state index contributed by atoms with van der Waals surface area (Å²) in [6, 6.07) is 5.48. The number of carbonyl (C=O) groups excluding carboxylic acids is 1. The van der Waals surface area contributed by atoms with Crippen molar-refractivity contribution in [1.29, 1.82) is 0 Å². The van der Waals surface area contributed by atoms with Crippen LogP contribution in [0.3, 0.4) is 0 Å². The molecular formula is C14H17N3O3. The molecule has 20 heavy (non-hydrogen) atoms. The third-order valence-corrected chi connectivity index (χ3v) is 3.53. The van der Waals surface area contributed by atoms with Gasteiger partial charge in [-0.25, -0.2) is 5.43 Å². The summed E-state index contributed by atoms with van der Waals surface area (Å²) in [6.07, 6.45) is 4.33. The van der Waals surface area contributed by atoms with E-state index < -0.39 is 4.92 Å². The number of non-ortho nitro benzene ring substituents is 1. The van der Waals surface area contributed by atoms with E-state index in [0.717, 1.165) is 25.0 Å². The molecule has 0 saturated heterocycles. The molecule has 6 heteroatoms. The first kappa shape index (κ1) is 14.2. The summed E-state index contributed by atoms with van der Waals surface area (Å²) in [5, 5.41) is 14.7. The molecule has 0 aromatic heterocycles. The molecule has 0 bridgehead atoms. The van der Waals surface area contributed by atoms with Gasteiger partial charge in [0.15, 0.2) is 0 Å². The molecule has 1 saturated carbocycles. The predicted octanol–water partition coefficient (Wildman–Crippen LogP) is 2.89. The lowest BCUT2D eigenvalue weighted by Crippen LogP contribution is -2.24. The number of benzene rings is 1. The summed E-state index contributed by atoms with van der Waals surface area (Å²) in [4.78, 5) is 21.9. The lowest BCUT2D eigenvalue weighted by Gasteiger charge is -2.19. The Bertz CT molecular complexity index is 537. The number of nitro benzene ring substituents is 1. The molecule has 1 fully saturated rings. The minimum Gasteiger partial charge on any atom is -0.267 e. The van der Waals surface area contributed by atoms with E-state index in [2.05, 4.69) is 17.5 Å². The third-order valence-electron chi connectivity index (χ3n) is 3.53. The molecule has 106 valence electrons. The minimum atomic E-state index is -0.494. The lowest BCUT2D eigenvalue weighted by atomic mass is 9.89. The zero-order valence-corrected chi connectivity index (χ0v) is 11.3. The van der Waals surface area contributed by atoms with E-state index in [-0.39, 0.29) is 11.6 Å². The summed E-state index contributed by atoms with van der Waals surface area (Å²) >= 11 is 0. The van der Waals surface area contributed by atoms with Gasteiger partial charge in [0, 0.05) is 23.4 Å². The molecule has 0 aliphatic heterocycles. The first-order valence-corrected chi connectivity index (χ1v) is 6.69. The van der Waals surface area contributed by atoms with E-state index in [1.54, 1.807) is 0 Å². The lowest BCUT2D eigenvalue weighted by molar-refractivity contribution is -0.384. The van der Waals surface area contributed by atoms with Crippen LogP contribution in [0, 0.1) is 16.0 Å². The number of rotatable bonds is 3. The van der Waals surface area contributed by atoms with Crippen molar-refractivity contribution < 1.29 is 9.72 Å². The van der Waals surface area contributed by atoms with Gasteiger partial charge in [0.25, 0.3) is 11.6 Å². The SMILES string of the molecule is C[C@@H]1CCCC/C1=N/NC(=O)c1ccc([N+](=O)[O-])cc1. The van der Waals surface area contributed by atoms with Gasteiger partial charge >= 0.3 is 0 Å². The Morgan fingerprint density at radius 1 is 1.35 bits per heavy atom. The van der Waals surface area contributed by atoms with Gasteiger partial charge in [0.05, 0.1) is 4.92 Å². The second kappa shape index (κ2) is 6.27. The third kappa shape index (κ3) is 3.40. The maximum atomic E-state index is 11.9. The van der Waals surface area contributed by atoms with Crippen LogP contribution in [0.15, 0.2) is 29.4 Å². The minimum absolute atomic E-state index is 0.0335. The van der Waals surface area contributed by atoms with Crippen LogP contribution in [0.1, 0.15) is 43.0 Å². The molecule has 1 aliphatic carbocycles. The highest BCUT2D eigenvalue weighted by Crippen LogP contribution is 2.20. The fourth-order valence-electron chi connectivity index (χ4n) is 2.26. The molecule has 0 unspecified atom stereocenters. The van der Waals surface area contributed by atoms with Crippen molar-refractivity contribution in [3.63, 3.8) is 0 Å². The smallest absolute Gasteiger partial charge is 0.267 e. The molecule has 2 rings (SSSR count). The van der Waals surface area contributed by atoms with Gasteiger partial charge in [-0.1, -0.05) is 13.3 Å².